The Morgan fingerprint density at radius 1 is 1.10 bits per heavy atom. The third-order valence-corrected chi connectivity index (χ3v) is 2.88. The average Bonchev–Trinajstić information content (AvgIpc) is 2.36. The maximum absolute atomic E-state index is 12.2. The summed E-state index contributed by atoms with van der Waals surface area (Å²) in [7, 11) is 0. The monoisotopic (exact) mass is 300 g/mol. The van der Waals surface area contributed by atoms with Crippen LogP contribution in [0.1, 0.15) is 10.4 Å². The van der Waals surface area contributed by atoms with Crippen LogP contribution in [0.4, 0.5) is 13.2 Å². The van der Waals surface area contributed by atoms with E-state index in [0.29, 0.717) is 17.4 Å². The highest BCUT2D eigenvalue weighted by molar-refractivity contribution is 6.33. The zero-order chi connectivity index (χ0) is 14.8. The molecule has 0 aliphatic heterocycles. The van der Waals surface area contributed by atoms with Gasteiger partial charge in [0.1, 0.15) is 5.75 Å². The molecule has 0 atom stereocenters. The van der Waals surface area contributed by atoms with Gasteiger partial charge in [-0.05, 0) is 29.3 Å². The number of hydrogen-bond acceptors (Lipinski definition) is 2. The molecule has 2 nitrogen and oxygen atoms in total. The van der Waals surface area contributed by atoms with Crippen molar-refractivity contribution < 1.29 is 22.7 Å². The van der Waals surface area contributed by atoms with Crippen molar-refractivity contribution in [2.24, 2.45) is 0 Å². The lowest BCUT2D eigenvalue weighted by molar-refractivity contribution is -0.274. The molecule has 0 aliphatic rings. The number of ether oxygens (including phenoxy) is 1. The van der Waals surface area contributed by atoms with E-state index in [4.69, 9.17) is 11.6 Å². The Kier molecular flexibility index (Phi) is 3.99. The molecule has 0 N–H and O–H groups in total. The average molecular weight is 301 g/mol. The van der Waals surface area contributed by atoms with Gasteiger partial charge < -0.3 is 4.74 Å². The highest BCUT2D eigenvalue weighted by Crippen LogP contribution is 2.31. The molecule has 0 aromatic heterocycles. The SMILES string of the molecule is O=Cc1c(Cl)cccc1-c1cccc(OC(F)(F)F)c1. The number of halogens is 4. The van der Waals surface area contributed by atoms with Crippen LogP contribution in [-0.2, 0) is 0 Å². The molecule has 0 unspecified atom stereocenters. The first-order valence-electron chi connectivity index (χ1n) is 5.50. The van der Waals surface area contributed by atoms with Gasteiger partial charge in [0.2, 0.25) is 0 Å². The second-order valence-electron chi connectivity index (χ2n) is 3.89. The number of aldehydes is 1. The predicted octanol–water partition coefficient (Wildman–Crippen LogP) is 4.72. The van der Waals surface area contributed by atoms with Gasteiger partial charge in [-0.15, -0.1) is 13.2 Å². The first-order valence-corrected chi connectivity index (χ1v) is 5.88. The fraction of sp³-hybridized carbons (Fsp3) is 0.0714. The Morgan fingerprint density at radius 2 is 1.80 bits per heavy atom. The van der Waals surface area contributed by atoms with E-state index < -0.39 is 6.36 Å². The van der Waals surface area contributed by atoms with Gasteiger partial charge in [0.15, 0.2) is 6.29 Å². The van der Waals surface area contributed by atoms with E-state index in [-0.39, 0.29) is 16.3 Å². The zero-order valence-electron chi connectivity index (χ0n) is 9.95. The van der Waals surface area contributed by atoms with Gasteiger partial charge >= 0.3 is 6.36 Å². The summed E-state index contributed by atoms with van der Waals surface area (Å²) in [5.41, 5.74) is 1.08. The lowest BCUT2D eigenvalue weighted by atomic mass is 10.0. The summed E-state index contributed by atoms with van der Waals surface area (Å²) in [6.45, 7) is 0. The lowest BCUT2D eigenvalue weighted by Gasteiger charge is -2.11. The van der Waals surface area contributed by atoms with E-state index in [9.17, 15) is 18.0 Å². The van der Waals surface area contributed by atoms with Crippen molar-refractivity contribution >= 4 is 17.9 Å². The van der Waals surface area contributed by atoms with Crippen LogP contribution in [0, 0.1) is 0 Å². The number of rotatable bonds is 3. The third-order valence-electron chi connectivity index (χ3n) is 2.55. The molecule has 0 amide bonds. The quantitative estimate of drug-likeness (QED) is 0.767. The first kappa shape index (κ1) is 14.4. The van der Waals surface area contributed by atoms with E-state index >= 15 is 0 Å². The molecular weight excluding hydrogens is 293 g/mol. The molecule has 0 fully saturated rings. The second-order valence-corrected chi connectivity index (χ2v) is 4.30. The van der Waals surface area contributed by atoms with Crippen LogP contribution in [0.15, 0.2) is 42.5 Å². The molecule has 0 aliphatic carbocycles. The van der Waals surface area contributed by atoms with Gasteiger partial charge in [0, 0.05) is 5.56 Å². The van der Waals surface area contributed by atoms with E-state index in [2.05, 4.69) is 4.74 Å². The van der Waals surface area contributed by atoms with Crippen LogP contribution >= 0.6 is 11.6 Å². The van der Waals surface area contributed by atoms with E-state index in [1.54, 1.807) is 18.2 Å². The number of carbonyl (C=O) groups excluding carboxylic acids is 1. The summed E-state index contributed by atoms with van der Waals surface area (Å²) in [4.78, 5) is 11.0. The number of alkyl halides is 3. The standard InChI is InChI=1S/C14H8ClF3O2/c15-13-6-2-5-11(12(13)8-19)9-3-1-4-10(7-9)20-14(16,17)18/h1-8H. The molecule has 0 bridgehead atoms. The summed E-state index contributed by atoms with van der Waals surface area (Å²) < 4.78 is 40.4. The second kappa shape index (κ2) is 5.54. The van der Waals surface area contributed by atoms with Crippen molar-refractivity contribution in [3.05, 3.63) is 53.1 Å². The van der Waals surface area contributed by atoms with Crippen molar-refractivity contribution in [3.63, 3.8) is 0 Å². The van der Waals surface area contributed by atoms with Crippen molar-refractivity contribution in [3.8, 4) is 16.9 Å². The van der Waals surface area contributed by atoms with E-state index in [0.717, 1.165) is 0 Å². The zero-order valence-corrected chi connectivity index (χ0v) is 10.7. The first-order chi connectivity index (χ1) is 9.40. The van der Waals surface area contributed by atoms with Crippen molar-refractivity contribution in [2.45, 2.75) is 6.36 Å². The summed E-state index contributed by atoms with van der Waals surface area (Å²) >= 11 is 5.88. The summed E-state index contributed by atoms with van der Waals surface area (Å²) in [5, 5.41) is 0.236. The predicted molar refractivity (Wildman–Crippen MR) is 69.0 cm³/mol. The molecule has 2 aromatic rings. The molecule has 0 heterocycles. The third kappa shape index (κ3) is 3.30. The highest BCUT2D eigenvalue weighted by atomic mass is 35.5. The molecule has 0 saturated carbocycles. The van der Waals surface area contributed by atoms with Crippen LogP contribution in [0.2, 0.25) is 5.02 Å². The molecule has 2 rings (SSSR count). The smallest absolute Gasteiger partial charge is 0.406 e. The number of carbonyl (C=O) groups is 1. The van der Waals surface area contributed by atoms with Crippen molar-refractivity contribution in [1.29, 1.82) is 0 Å². The van der Waals surface area contributed by atoms with Crippen molar-refractivity contribution in [2.75, 3.05) is 0 Å². The molecule has 2 aromatic carbocycles. The fourth-order valence-corrected chi connectivity index (χ4v) is 1.99. The molecule has 20 heavy (non-hydrogen) atoms. The van der Waals surface area contributed by atoms with Crippen LogP contribution < -0.4 is 4.74 Å². The summed E-state index contributed by atoms with van der Waals surface area (Å²) in [5.74, 6) is -0.355. The molecule has 104 valence electrons. The van der Waals surface area contributed by atoms with Gasteiger partial charge in [-0.2, -0.15) is 0 Å². The molecule has 6 heteroatoms. The fourth-order valence-electron chi connectivity index (χ4n) is 1.77. The molecule has 0 spiro atoms. The Hall–Kier alpha value is -2.01. The van der Waals surface area contributed by atoms with Crippen LogP contribution in [-0.4, -0.2) is 12.6 Å². The van der Waals surface area contributed by atoms with Gasteiger partial charge in [-0.3, -0.25) is 4.79 Å². The minimum atomic E-state index is -4.76. The highest BCUT2D eigenvalue weighted by Gasteiger charge is 2.31. The molecule has 0 saturated heterocycles. The maximum Gasteiger partial charge on any atom is 0.573 e. The lowest BCUT2D eigenvalue weighted by Crippen LogP contribution is -2.17. The molecule has 0 radical (unpaired) electrons. The Morgan fingerprint density at radius 3 is 2.45 bits per heavy atom. The van der Waals surface area contributed by atoms with Crippen LogP contribution in [0.3, 0.4) is 0 Å². The number of benzene rings is 2. The molecular formula is C14H8ClF3O2. The topological polar surface area (TPSA) is 26.3 Å². The van der Waals surface area contributed by atoms with E-state index in [1.807, 2.05) is 0 Å². The largest absolute Gasteiger partial charge is 0.573 e. The minimum absolute atomic E-state index is 0.221. The van der Waals surface area contributed by atoms with Crippen molar-refractivity contribution in [1.82, 2.24) is 0 Å². The normalized spacial score (nSPS) is 11.2. The Labute approximate surface area is 117 Å². The van der Waals surface area contributed by atoms with Crippen LogP contribution in [0.5, 0.6) is 5.75 Å². The van der Waals surface area contributed by atoms with Crippen LogP contribution in [0.25, 0.3) is 11.1 Å². The van der Waals surface area contributed by atoms with Gasteiger partial charge in [-0.25, -0.2) is 0 Å². The van der Waals surface area contributed by atoms with Gasteiger partial charge in [0.05, 0.1) is 5.02 Å². The van der Waals surface area contributed by atoms with E-state index in [1.165, 1.54) is 24.3 Å². The van der Waals surface area contributed by atoms with Gasteiger partial charge in [-0.1, -0.05) is 35.9 Å². The minimum Gasteiger partial charge on any atom is -0.406 e. The van der Waals surface area contributed by atoms with Gasteiger partial charge in [0.25, 0.3) is 0 Å². The Bertz CT molecular complexity index is 639. The summed E-state index contributed by atoms with van der Waals surface area (Å²) in [6, 6.07) is 10.1. The Balaban J connectivity index is 2.46. The number of hydrogen-bond donors (Lipinski definition) is 0. The maximum atomic E-state index is 12.2. The summed E-state index contributed by atoms with van der Waals surface area (Å²) in [6.07, 6.45) is -4.20.